The highest BCUT2D eigenvalue weighted by atomic mass is 16.5. The average Bonchev–Trinajstić information content (AvgIpc) is 2.73. The van der Waals surface area contributed by atoms with E-state index in [2.05, 4.69) is 19.1 Å². The van der Waals surface area contributed by atoms with E-state index < -0.39 is 0 Å². The van der Waals surface area contributed by atoms with Crippen LogP contribution in [-0.4, -0.2) is 37.8 Å². The molecule has 0 spiro atoms. The van der Waals surface area contributed by atoms with Crippen LogP contribution in [0.4, 0.5) is 5.82 Å². The monoisotopic (exact) mass is 408 g/mol. The third kappa shape index (κ3) is 3.76. The van der Waals surface area contributed by atoms with Gasteiger partial charge in [-0.15, -0.1) is 0 Å². The summed E-state index contributed by atoms with van der Waals surface area (Å²) >= 11 is 0. The smallest absolute Gasteiger partial charge is 0.306 e. The minimum absolute atomic E-state index is 0.149. The summed E-state index contributed by atoms with van der Waals surface area (Å²) in [4.78, 5) is 5.96. The maximum Gasteiger partial charge on any atom is 0.306 e. The number of phenolic OH excluding ortho intramolecular Hbond substituents is 1. The SMILES string of the molecule is COc1ccc([C@H]2c3ccc(O)cc3Oc3nc[n+](CCC[NH+](C)C)c(N)c32)cc1. The van der Waals surface area contributed by atoms with Crippen molar-refractivity contribution in [3.63, 3.8) is 0 Å². The van der Waals surface area contributed by atoms with Crippen molar-refractivity contribution in [2.75, 3.05) is 33.5 Å². The highest BCUT2D eigenvalue weighted by Gasteiger charge is 2.36. The van der Waals surface area contributed by atoms with Crippen LogP contribution < -0.4 is 24.7 Å². The number of aromatic hydroxyl groups is 1. The van der Waals surface area contributed by atoms with Gasteiger partial charge in [-0.25, -0.2) is 4.57 Å². The topological polar surface area (TPSA) is 85.9 Å². The van der Waals surface area contributed by atoms with Crippen LogP contribution in [-0.2, 0) is 6.54 Å². The van der Waals surface area contributed by atoms with Crippen LogP contribution in [0.5, 0.6) is 23.1 Å². The second kappa shape index (κ2) is 8.20. The van der Waals surface area contributed by atoms with Gasteiger partial charge in [0, 0.05) is 18.1 Å². The van der Waals surface area contributed by atoms with E-state index in [9.17, 15) is 5.11 Å². The number of aryl methyl sites for hydroxylation is 1. The zero-order valence-electron chi connectivity index (χ0n) is 17.6. The molecule has 1 aromatic heterocycles. The second-order valence-corrected chi connectivity index (χ2v) is 7.88. The molecule has 2 heterocycles. The van der Waals surface area contributed by atoms with Gasteiger partial charge < -0.3 is 25.2 Å². The Bertz CT molecular complexity index is 1050. The zero-order chi connectivity index (χ0) is 21.3. The molecule has 0 saturated carbocycles. The number of methoxy groups -OCH3 is 1. The number of fused-ring (bicyclic) bond motifs is 2. The van der Waals surface area contributed by atoms with Gasteiger partial charge in [0.05, 0.1) is 40.2 Å². The van der Waals surface area contributed by atoms with E-state index in [-0.39, 0.29) is 11.7 Å². The van der Waals surface area contributed by atoms with Crippen LogP contribution in [0.25, 0.3) is 0 Å². The van der Waals surface area contributed by atoms with Gasteiger partial charge in [0.25, 0.3) is 0 Å². The van der Waals surface area contributed by atoms with E-state index >= 15 is 0 Å². The van der Waals surface area contributed by atoms with Gasteiger partial charge in [-0.2, -0.15) is 0 Å². The highest BCUT2D eigenvalue weighted by Crippen LogP contribution is 2.48. The Balaban J connectivity index is 1.81. The summed E-state index contributed by atoms with van der Waals surface area (Å²) in [6.45, 7) is 1.83. The molecule has 156 valence electrons. The van der Waals surface area contributed by atoms with Crippen LogP contribution >= 0.6 is 0 Å². The number of hydrogen-bond donors (Lipinski definition) is 3. The number of aromatic nitrogens is 2. The molecule has 3 aromatic rings. The van der Waals surface area contributed by atoms with E-state index in [1.54, 1.807) is 25.6 Å². The first kappa shape index (κ1) is 20.0. The molecule has 0 fully saturated rings. The van der Waals surface area contributed by atoms with E-state index in [4.69, 9.17) is 15.2 Å². The lowest BCUT2D eigenvalue weighted by Crippen LogP contribution is -3.05. The number of ether oxygens (including phenoxy) is 2. The number of benzene rings is 2. The molecule has 0 unspecified atom stereocenters. The predicted molar refractivity (Wildman–Crippen MR) is 113 cm³/mol. The van der Waals surface area contributed by atoms with Crippen molar-refractivity contribution in [1.29, 1.82) is 0 Å². The fourth-order valence-corrected chi connectivity index (χ4v) is 3.90. The van der Waals surface area contributed by atoms with E-state index in [0.29, 0.717) is 17.4 Å². The van der Waals surface area contributed by atoms with Crippen molar-refractivity contribution < 1.29 is 24.0 Å². The zero-order valence-corrected chi connectivity index (χ0v) is 17.6. The Morgan fingerprint density at radius 1 is 1.20 bits per heavy atom. The molecule has 7 heteroatoms. The molecule has 0 saturated heterocycles. The first-order chi connectivity index (χ1) is 14.5. The minimum atomic E-state index is -0.158. The summed E-state index contributed by atoms with van der Waals surface area (Å²) in [6.07, 6.45) is 2.73. The van der Waals surface area contributed by atoms with Crippen LogP contribution in [0.3, 0.4) is 0 Å². The fourth-order valence-electron chi connectivity index (χ4n) is 3.90. The molecule has 2 aromatic carbocycles. The molecule has 0 amide bonds. The quantitative estimate of drug-likeness (QED) is 0.421. The number of anilines is 1. The molecule has 0 aliphatic carbocycles. The second-order valence-electron chi connectivity index (χ2n) is 7.88. The van der Waals surface area contributed by atoms with Crippen molar-refractivity contribution in [2.45, 2.75) is 18.9 Å². The fraction of sp³-hybridized carbons (Fsp3) is 0.304. The van der Waals surface area contributed by atoms with Crippen molar-refractivity contribution >= 4 is 5.82 Å². The van der Waals surface area contributed by atoms with Crippen molar-refractivity contribution in [3.05, 3.63) is 65.5 Å². The van der Waals surface area contributed by atoms with Crippen LogP contribution in [0.1, 0.15) is 29.0 Å². The van der Waals surface area contributed by atoms with Crippen molar-refractivity contribution in [2.24, 2.45) is 0 Å². The van der Waals surface area contributed by atoms with Crippen LogP contribution in [0, 0.1) is 0 Å². The molecule has 4 N–H and O–H groups in total. The number of hydrogen-bond acceptors (Lipinski definition) is 5. The lowest BCUT2D eigenvalue weighted by Gasteiger charge is -2.27. The van der Waals surface area contributed by atoms with Gasteiger partial charge in [0.2, 0.25) is 12.1 Å². The first-order valence-corrected chi connectivity index (χ1v) is 10.1. The van der Waals surface area contributed by atoms with Gasteiger partial charge in [-0.3, -0.25) is 0 Å². The maximum absolute atomic E-state index is 9.95. The molecular formula is C23H28N4O3+2. The highest BCUT2D eigenvalue weighted by molar-refractivity contribution is 5.62. The van der Waals surface area contributed by atoms with Gasteiger partial charge in [-0.1, -0.05) is 23.2 Å². The molecule has 0 radical (unpaired) electrons. The number of quaternary nitrogens is 1. The first-order valence-electron chi connectivity index (χ1n) is 10.1. The molecule has 1 aliphatic rings. The Morgan fingerprint density at radius 2 is 1.97 bits per heavy atom. The summed E-state index contributed by atoms with van der Waals surface area (Å²) in [7, 11) is 5.93. The normalized spacial score (nSPS) is 14.7. The van der Waals surface area contributed by atoms with Gasteiger partial charge >= 0.3 is 5.88 Å². The van der Waals surface area contributed by atoms with Gasteiger partial charge in [-0.05, 0) is 23.8 Å². The maximum atomic E-state index is 9.95. The van der Waals surface area contributed by atoms with Crippen LogP contribution in [0.2, 0.25) is 0 Å². The number of nitrogens with two attached hydrogens (primary N) is 1. The van der Waals surface area contributed by atoms with Crippen molar-refractivity contribution in [1.82, 2.24) is 4.98 Å². The summed E-state index contributed by atoms with van der Waals surface area (Å²) < 4.78 is 13.3. The number of nitrogens with one attached hydrogen (secondary N) is 1. The van der Waals surface area contributed by atoms with E-state index in [1.165, 1.54) is 4.90 Å². The third-order valence-corrected chi connectivity index (χ3v) is 5.46. The lowest BCUT2D eigenvalue weighted by atomic mass is 9.83. The Morgan fingerprint density at radius 3 is 2.67 bits per heavy atom. The summed E-state index contributed by atoms with van der Waals surface area (Å²) in [5.74, 6) is 2.49. The number of rotatable bonds is 6. The Hall–Kier alpha value is -3.32. The Labute approximate surface area is 176 Å². The van der Waals surface area contributed by atoms with E-state index in [0.717, 1.165) is 42.0 Å². The molecule has 30 heavy (non-hydrogen) atoms. The van der Waals surface area contributed by atoms with Gasteiger partial charge in [0.1, 0.15) is 22.8 Å². The third-order valence-electron chi connectivity index (χ3n) is 5.46. The average molecular weight is 409 g/mol. The molecule has 0 bridgehead atoms. The van der Waals surface area contributed by atoms with Gasteiger partial charge in [0.15, 0.2) is 0 Å². The number of phenols is 1. The number of nitrogens with zero attached hydrogens (tertiary/aromatic N) is 2. The molecule has 1 aliphatic heterocycles. The van der Waals surface area contributed by atoms with E-state index in [1.807, 2.05) is 34.9 Å². The predicted octanol–water partition coefficient (Wildman–Crippen LogP) is 1.49. The molecule has 4 rings (SSSR count). The largest absolute Gasteiger partial charge is 0.508 e. The minimum Gasteiger partial charge on any atom is -0.508 e. The summed E-state index contributed by atoms with van der Waals surface area (Å²) in [6, 6.07) is 13.1. The Kier molecular flexibility index (Phi) is 5.46. The molecular weight excluding hydrogens is 380 g/mol. The van der Waals surface area contributed by atoms with Crippen LogP contribution in [0.15, 0.2) is 48.8 Å². The molecule has 7 nitrogen and oxygen atoms in total. The van der Waals surface area contributed by atoms with Crippen molar-refractivity contribution in [3.8, 4) is 23.1 Å². The summed E-state index contributed by atoms with van der Waals surface area (Å²) in [5.41, 5.74) is 9.49. The molecule has 1 atom stereocenters. The lowest BCUT2D eigenvalue weighted by molar-refractivity contribution is -0.861. The number of nitrogen functional groups attached to an aromatic ring is 1. The summed E-state index contributed by atoms with van der Waals surface area (Å²) in [5, 5.41) is 9.95. The standard InChI is InChI=1S/C23H26N4O3/c1-26(2)11-4-12-27-14-25-23-21(22(27)24)20(15-5-8-17(29-3)9-6-15)18-10-7-16(28)13-19(18)30-23/h5-10,13-14,20,24,28H,4,11-12H2,1-3H3/p+2/t20-/m0/s1.